The topological polar surface area (TPSA) is 59.2 Å². The molecule has 1 aliphatic rings. The Balaban J connectivity index is 1.61. The molecule has 1 saturated carbocycles. The number of pyridine rings is 1. The lowest BCUT2D eigenvalue weighted by Gasteiger charge is -2.28. The maximum atomic E-state index is 13.0. The smallest absolute Gasteiger partial charge is 0.276 e. The van der Waals surface area contributed by atoms with E-state index in [0.29, 0.717) is 11.5 Å². The lowest BCUT2D eigenvalue weighted by Crippen LogP contribution is -2.35. The summed E-state index contributed by atoms with van der Waals surface area (Å²) in [5.41, 5.74) is 1.39. The highest BCUT2D eigenvalue weighted by molar-refractivity contribution is 7.13. The third-order valence-electron chi connectivity index (χ3n) is 4.25. The van der Waals surface area contributed by atoms with Crippen molar-refractivity contribution in [3.05, 3.63) is 59.4 Å². The van der Waals surface area contributed by atoms with Gasteiger partial charge in [0.25, 0.3) is 5.91 Å². The van der Waals surface area contributed by atoms with Crippen molar-refractivity contribution in [2.24, 2.45) is 0 Å². The molecule has 0 aromatic carbocycles. The van der Waals surface area contributed by atoms with E-state index in [1.807, 2.05) is 47.7 Å². The zero-order chi connectivity index (χ0) is 16.5. The Morgan fingerprint density at radius 2 is 2.25 bits per heavy atom. The highest BCUT2D eigenvalue weighted by Gasteiger charge is 2.38. The molecule has 3 heterocycles. The van der Waals surface area contributed by atoms with Gasteiger partial charge in [0.15, 0.2) is 11.5 Å². The van der Waals surface area contributed by atoms with Gasteiger partial charge in [0.1, 0.15) is 0 Å². The fourth-order valence-corrected chi connectivity index (χ4v) is 3.51. The molecule has 0 saturated heterocycles. The summed E-state index contributed by atoms with van der Waals surface area (Å²) in [5, 5.41) is 5.98. The molecule has 4 rings (SSSR count). The molecule has 0 N–H and O–H groups in total. The standard InChI is InChI=1S/C18H17N3O2S/c1-12(13-4-2-8-19-11-13)21(14-6-7-14)18(22)15-10-16(23-20-15)17-5-3-9-24-17/h2-5,8-12,14H,6-7H2,1H3/t12-/m0/s1. The van der Waals surface area contributed by atoms with E-state index in [9.17, 15) is 4.79 Å². The molecule has 1 atom stereocenters. The average Bonchev–Trinajstić information content (AvgIpc) is 3.11. The van der Waals surface area contributed by atoms with Gasteiger partial charge in [0, 0.05) is 24.5 Å². The van der Waals surface area contributed by atoms with Crippen LogP contribution >= 0.6 is 11.3 Å². The predicted octanol–water partition coefficient (Wildman–Crippen LogP) is 4.16. The first kappa shape index (κ1) is 15.1. The zero-order valence-electron chi connectivity index (χ0n) is 13.3. The summed E-state index contributed by atoms with van der Waals surface area (Å²) in [4.78, 5) is 20.1. The van der Waals surface area contributed by atoms with E-state index in [1.165, 1.54) is 0 Å². The number of hydrogen-bond donors (Lipinski definition) is 0. The van der Waals surface area contributed by atoms with Crippen LogP contribution in [0.15, 0.2) is 52.6 Å². The Labute approximate surface area is 143 Å². The number of nitrogens with zero attached hydrogens (tertiary/aromatic N) is 3. The normalized spacial score (nSPS) is 15.2. The molecule has 0 spiro atoms. The van der Waals surface area contributed by atoms with Crippen LogP contribution in [0.2, 0.25) is 0 Å². The minimum atomic E-state index is -0.0830. The van der Waals surface area contributed by atoms with Gasteiger partial charge >= 0.3 is 0 Å². The van der Waals surface area contributed by atoms with E-state index >= 15 is 0 Å². The van der Waals surface area contributed by atoms with Gasteiger partial charge in [-0.2, -0.15) is 0 Å². The number of rotatable bonds is 5. The van der Waals surface area contributed by atoms with Crippen LogP contribution in [-0.4, -0.2) is 27.0 Å². The van der Waals surface area contributed by atoms with Crippen molar-refractivity contribution in [3.63, 3.8) is 0 Å². The highest BCUT2D eigenvalue weighted by Crippen LogP contribution is 2.36. The number of amides is 1. The van der Waals surface area contributed by atoms with Crippen molar-refractivity contribution in [3.8, 4) is 10.6 Å². The molecule has 5 nitrogen and oxygen atoms in total. The van der Waals surface area contributed by atoms with Crippen molar-refractivity contribution in [1.82, 2.24) is 15.0 Å². The lowest BCUT2D eigenvalue weighted by atomic mass is 10.1. The number of aromatic nitrogens is 2. The molecule has 122 valence electrons. The summed E-state index contributed by atoms with van der Waals surface area (Å²) < 4.78 is 5.37. The maximum absolute atomic E-state index is 13.0. The number of thiophene rings is 1. The van der Waals surface area contributed by atoms with Crippen LogP contribution in [0.1, 0.15) is 41.9 Å². The first-order valence-corrected chi connectivity index (χ1v) is 8.85. The molecule has 1 amide bonds. The van der Waals surface area contributed by atoms with Gasteiger partial charge in [-0.25, -0.2) is 0 Å². The van der Waals surface area contributed by atoms with Gasteiger partial charge in [0.2, 0.25) is 0 Å². The second-order valence-electron chi connectivity index (χ2n) is 5.96. The zero-order valence-corrected chi connectivity index (χ0v) is 14.1. The molecule has 3 aromatic heterocycles. The van der Waals surface area contributed by atoms with Gasteiger partial charge in [0.05, 0.1) is 10.9 Å². The summed E-state index contributed by atoms with van der Waals surface area (Å²) in [6.07, 6.45) is 5.62. The first-order chi connectivity index (χ1) is 11.7. The minimum absolute atomic E-state index is 0.0411. The molecular formula is C18H17N3O2S. The average molecular weight is 339 g/mol. The van der Waals surface area contributed by atoms with Gasteiger partial charge in [-0.15, -0.1) is 11.3 Å². The van der Waals surface area contributed by atoms with Crippen molar-refractivity contribution >= 4 is 17.2 Å². The Morgan fingerprint density at radius 1 is 1.38 bits per heavy atom. The SMILES string of the molecule is C[C@@H](c1cccnc1)N(C(=O)c1cc(-c2cccs2)on1)C1CC1. The lowest BCUT2D eigenvalue weighted by molar-refractivity contribution is 0.0663. The fraction of sp³-hybridized carbons (Fsp3) is 0.278. The molecule has 0 bridgehead atoms. The van der Waals surface area contributed by atoms with Crippen LogP contribution in [0.5, 0.6) is 0 Å². The summed E-state index contributed by atoms with van der Waals surface area (Å²) in [5.74, 6) is 0.554. The van der Waals surface area contributed by atoms with Crippen LogP contribution in [0.3, 0.4) is 0 Å². The van der Waals surface area contributed by atoms with Crippen molar-refractivity contribution in [2.75, 3.05) is 0 Å². The second-order valence-corrected chi connectivity index (χ2v) is 6.91. The monoisotopic (exact) mass is 339 g/mol. The number of carbonyl (C=O) groups is 1. The van der Waals surface area contributed by atoms with Gasteiger partial charge in [-0.05, 0) is 42.8 Å². The third kappa shape index (κ3) is 2.85. The van der Waals surface area contributed by atoms with Crippen LogP contribution < -0.4 is 0 Å². The molecule has 0 aliphatic heterocycles. The van der Waals surface area contributed by atoms with Crippen LogP contribution in [0, 0.1) is 0 Å². The Hall–Kier alpha value is -2.47. The Kier molecular flexibility index (Phi) is 3.90. The minimum Gasteiger partial charge on any atom is -0.355 e. The van der Waals surface area contributed by atoms with Crippen molar-refractivity contribution in [2.45, 2.75) is 31.8 Å². The van der Waals surface area contributed by atoms with E-state index in [2.05, 4.69) is 10.1 Å². The quantitative estimate of drug-likeness (QED) is 0.700. The predicted molar refractivity (Wildman–Crippen MR) is 91.7 cm³/mol. The summed E-state index contributed by atoms with van der Waals surface area (Å²) in [7, 11) is 0. The maximum Gasteiger partial charge on any atom is 0.276 e. The Bertz CT molecular complexity index is 825. The number of carbonyl (C=O) groups excluding carboxylic acids is 1. The van der Waals surface area contributed by atoms with Crippen LogP contribution in [-0.2, 0) is 0 Å². The van der Waals surface area contributed by atoms with Gasteiger partial charge in [-0.3, -0.25) is 9.78 Å². The Morgan fingerprint density at radius 3 is 2.92 bits per heavy atom. The van der Waals surface area contributed by atoms with Crippen molar-refractivity contribution in [1.29, 1.82) is 0 Å². The molecule has 24 heavy (non-hydrogen) atoms. The molecule has 6 heteroatoms. The molecule has 0 unspecified atom stereocenters. The summed E-state index contributed by atoms with van der Waals surface area (Å²) in [6, 6.07) is 9.77. The van der Waals surface area contributed by atoms with E-state index in [4.69, 9.17) is 4.52 Å². The highest BCUT2D eigenvalue weighted by atomic mass is 32.1. The van der Waals surface area contributed by atoms with Crippen LogP contribution in [0.4, 0.5) is 0 Å². The molecule has 1 fully saturated rings. The second kappa shape index (κ2) is 6.20. The molecule has 1 aliphatic carbocycles. The van der Waals surface area contributed by atoms with E-state index in [-0.39, 0.29) is 18.0 Å². The molecule has 3 aromatic rings. The first-order valence-electron chi connectivity index (χ1n) is 7.97. The van der Waals surface area contributed by atoms with Crippen LogP contribution in [0.25, 0.3) is 10.6 Å². The third-order valence-corrected chi connectivity index (χ3v) is 5.14. The summed E-state index contributed by atoms with van der Waals surface area (Å²) >= 11 is 1.56. The number of hydrogen-bond acceptors (Lipinski definition) is 5. The van der Waals surface area contributed by atoms with E-state index in [1.54, 1.807) is 23.6 Å². The van der Waals surface area contributed by atoms with Gasteiger partial charge in [-0.1, -0.05) is 17.3 Å². The fourth-order valence-electron chi connectivity index (χ4n) is 2.84. The largest absolute Gasteiger partial charge is 0.355 e. The van der Waals surface area contributed by atoms with Gasteiger partial charge < -0.3 is 9.42 Å². The van der Waals surface area contributed by atoms with E-state index in [0.717, 1.165) is 23.3 Å². The molecular weight excluding hydrogens is 322 g/mol. The van der Waals surface area contributed by atoms with Crippen molar-refractivity contribution < 1.29 is 9.32 Å². The van der Waals surface area contributed by atoms with E-state index < -0.39 is 0 Å². The molecule has 0 radical (unpaired) electrons. The summed E-state index contributed by atoms with van der Waals surface area (Å²) in [6.45, 7) is 2.04.